The van der Waals surface area contributed by atoms with Crippen molar-refractivity contribution in [2.45, 2.75) is 32.9 Å². The fourth-order valence-electron chi connectivity index (χ4n) is 4.49. The summed E-state index contributed by atoms with van der Waals surface area (Å²) in [7, 11) is 0. The SMILES string of the molecule is CCOc1cc(F)c(Cn2nc(-c3ncc(OCCCNC(C)C(=O)O)c(Nc4ccncc4Cl)n3)c3ccccc32)c(F)c1. The normalized spacial score (nSPS) is 11.8. The van der Waals surface area contributed by atoms with Crippen LogP contribution in [0.4, 0.5) is 20.3 Å². The molecule has 3 N–H and O–H groups in total. The van der Waals surface area contributed by atoms with Gasteiger partial charge in [0.25, 0.3) is 0 Å². The zero-order valence-corrected chi connectivity index (χ0v) is 25.2. The number of aliphatic carboxylic acids is 1. The number of halogens is 3. The van der Waals surface area contributed by atoms with Gasteiger partial charge in [0.2, 0.25) is 0 Å². The highest BCUT2D eigenvalue weighted by atomic mass is 35.5. The van der Waals surface area contributed by atoms with Gasteiger partial charge in [-0.2, -0.15) is 5.10 Å². The molecule has 0 radical (unpaired) electrons. The molecule has 0 bridgehead atoms. The summed E-state index contributed by atoms with van der Waals surface area (Å²) >= 11 is 6.35. The maximum Gasteiger partial charge on any atom is 0.320 e. The van der Waals surface area contributed by atoms with E-state index in [2.05, 4.69) is 25.7 Å². The quantitative estimate of drug-likeness (QED) is 0.127. The van der Waals surface area contributed by atoms with Gasteiger partial charge in [-0.3, -0.25) is 14.5 Å². The topological polar surface area (TPSA) is 136 Å². The van der Waals surface area contributed by atoms with Crippen LogP contribution in [0.1, 0.15) is 25.8 Å². The van der Waals surface area contributed by atoms with Crippen molar-refractivity contribution in [3.63, 3.8) is 0 Å². The largest absolute Gasteiger partial charge is 0.494 e. The van der Waals surface area contributed by atoms with Crippen LogP contribution in [0.2, 0.25) is 5.02 Å². The fraction of sp³-hybridized carbons (Fsp3) is 0.258. The van der Waals surface area contributed by atoms with Crippen molar-refractivity contribution in [2.75, 3.05) is 25.1 Å². The van der Waals surface area contributed by atoms with E-state index in [4.69, 9.17) is 31.2 Å². The Hall–Kier alpha value is -4.88. The molecule has 5 aromatic rings. The number of fused-ring (bicyclic) bond motifs is 1. The van der Waals surface area contributed by atoms with E-state index in [9.17, 15) is 13.6 Å². The van der Waals surface area contributed by atoms with E-state index in [0.29, 0.717) is 51.8 Å². The Kier molecular flexibility index (Phi) is 10.0. The molecule has 0 saturated carbocycles. The number of carbonyl (C=O) groups is 1. The predicted octanol–water partition coefficient (Wildman–Crippen LogP) is 5.84. The molecule has 1 atom stereocenters. The van der Waals surface area contributed by atoms with Crippen molar-refractivity contribution in [1.29, 1.82) is 0 Å². The monoisotopic (exact) mass is 637 g/mol. The maximum atomic E-state index is 15.0. The number of benzene rings is 2. The molecule has 0 spiro atoms. The number of nitrogens with zero attached hydrogens (tertiary/aromatic N) is 5. The van der Waals surface area contributed by atoms with Gasteiger partial charge >= 0.3 is 5.97 Å². The minimum atomic E-state index is -0.940. The highest BCUT2D eigenvalue weighted by Gasteiger charge is 2.20. The van der Waals surface area contributed by atoms with Gasteiger partial charge in [-0.05, 0) is 38.9 Å². The molecular formula is C31H30ClF2N7O4. The summed E-state index contributed by atoms with van der Waals surface area (Å²) in [5, 5.41) is 20.8. The van der Waals surface area contributed by atoms with Gasteiger partial charge in [0.1, 0.15) is 29.1 Å². The third kappa shape index (κ3) is 7.44. The molecule has 0 aliphatic rings. The Bertz CT molecular complexity index is 1800. The second kappa shape index (κ2) is 14.3. The Balaban J connectivity index is 1.47. The lowest BCUT2D eigenvalue weighted by Crippen LogP contribution is -2.34. The second-order valence-corrected chi connectivity index (χ2v) is 10.3. The predicted molar refractivity (Wildman–Crippen MR) is 165 cm³/mol. The summed E-state index contributed by atoms with van der Waals surface area (Å²) in [5.74, 6) is -1.48. The van der Waals surface area contributed by atoms with Crippen molar-refractivity contribution >= 4 is 40.0 Å². The summed E-state index contributed by atoms with van der Waals surface area (Å²) in [6, 6.07) is 10.5. The molecule has 0 amide bonds. The van der Waals surface area contributed by atoms with E-state index in [1.165, 1.54) is 17.1 Å². The number of anilines is 2. The molecule has 0 aliphatic heterocycles. The molecule has 3 heterocycles. The van der Waals surface area contributed by atoms with Gasteiger partial charge in [0.15, 0.2) is 17.4 Å². The van der Waals surface area contributed by atoms with Gasteiger partial charge in [-0.15, -0.1) is 0 Å². The first-order valence-corrected chi connectivity index (χ1v) is 14.5. The van der Waals surface area contributed by atoms with Crippen LogP contribution in [-0.4, -0.2) is 61.6 Å². The van der Waals surface area contributed by atoms with Crippen LogP contribution < -0.4 is 20.1 Å². The average molecular weight is 638 g/mol. The van der Waals surface area contributed by atoms with Crippen molar-refractivity contribution in [3.8, 4) is 23.0 Å². The number of carboxylic acid groups (broad SMARTS) is 1. The van der Waals surface area contributed by atoms with Crippen LogP contribution in [0.25, 0.3) is 22.4 Å². The van der Waals surface area contributed by atoms with Gasteiger partial charge in [-0.1, -0.05) is 29.8 Å². The van der Waals surface area contributed by atoms with E-state index in [1.807, 2.05) is 12.1 Å². The summed E-state index contributed by atoms with van der Waals surface area (Å²) in [6.07, 6.45) is 5.06. The van der Waals surface area contributed by atoms with Crippen LogP contribution >= 0.6 is 11.6 Å². The third-order valence-electron chi connectivity index (χ3n) is 6.78. The van der Waals surface area contributed by atoms with Crippen LogP contribution in [0, 0.1) is 11.6 Å². The molecule has 2 aromatic carbocycles. The molecule has 0 fully saturated rings. The number of pyridine rings is 1. The summed E-state index contributed by atoms with van der Waals surface area (Å²) < 4.78 is 42.6. The van der Waals surface area contributed by atoms with Crippen molar-refractivity contribution in [2.24, 2.45) is 0 Å². The molecule has 234 valence electrons. The van der Waals surface area contributed by atoms with E-state index in [0.717, 1.165) is 12.1 Å². The van der Waals surface area contributed by atoms with E-state index in [-0.39, 0.29) is 36.9 Å². The number of rotatable bonds is 14. The number of para-hydroxylation sites is 1. The lowest BCUT2D eigenvalue weighted by Gasteiger charge is -2.14. The zero-order chi connectivity index (χ0) is 31.9. The summed E-state index contributed by atoms with van der Waals surface area (Å²) in [6.45, 7) is 4.06. The van der Waals surface area contributed by atoms with Gasteiger partial charge in [0, 0.05) is 35.5 Å². The average Bonchev–Trinajstić information content (AvgIpc) is 3.39. The van der Waals surface area contributed by atoms with E-state index >= 15 is 0 Å². The Morgan fingerprint density at radius 3 is 2.64 bits per heavy atom. The molecule has 0 saturated heterocycles. The highest BCUT2D eigenvalue weighted by molar-refractivity contribution is 6.33. The Labute approximate surface area is 262 Å². The number of nitrogens with one attached hydrogen (secondary N) is 2. The summed E-state index contributed by atoms with van der Waals surface area (Å²) in [5.41, 5.74) is 1.37. The maximum absolute atomic E-state index is 15.0. The van der Waals surface area contributed by atoms with Crippen molar-refractivity contribution < 1.29 is 28.2 Å². The first-order valence-electron chi connectivity index (χ1n) is 14.1. The molecule has 0 aliphatic carbocycles. The number of aromatic nitrogens is 5. The molecule has 5 rings (SSSR count). The molecule has 45 heavy (non-hydrogen) atoms. The Morgan fingerprint density at radius 2 is 1.91 bits per heavy atom. The number of hydrogen-bond donors (Lipinski definition) is 3. The fourth-order valence-corrected chi connectivity index (χ4v) is 4.65. The van der Waals surface area contributed by atoms with Crippen LogP contribution in [-0.2, 0) is 11.3 Å². The molecule has 1 unspecified atom stereocenters. The second-order valence-electron chi connectivity index (χ2n) is 9.92. The molecular weight excluding hydrogens is 608 g/mol. The van der Waals surface area contributed by atoms with Crippen molar-refractivity contribution in [1.82, 2.24) is 30.0 Å². The van der Waals surface area contributed by atoms with Crippen LogP contribution in [0.15, 0.2) is 61.1 Å². The zero-order valence-electron chi connectivity index (χ0n) is 24.4. The van der Waals surface area contributed by atoms with Crippen LogP contribution in [0.3, 0.4) is 0 Å². The van der Waals surface area contributed by atoms with Gasteiger partial charge < -0.3 is 25.2 Å². The highest BCUT2D eigenvalue weighted by Crippen LogP contribution is 2.33. The number of ether oxygens (including phenoxy) is 2. The lowest BCUT2D eigenvalue weighted by atomic mass is 10.1. The number of carboxylic acids is 1. The Morgan fingerprint density at radius 1 is 1.13 bits per heavy atom. The first kappa shape index (κ1) is 31.5. The van der Waals surface area contributed by atoms with E-state index in [1.54, 1.807) is 38.2 Å². The van der Waals surface area contributed by atoms with Crippen molar-refractivity contribution in [3.05, 3.63) is 83.3 Å². The lowest BCUT2D eigenvalue weighted by molar-refractivity contribution is -0.139. The molecule has 11 nitrogen and oxygen atoms in total. The first-order chi connectivity index (χ1) is 21.7. The smallest absolute Gasteiger partial charge is 0.320 e. The van der Waals surface area contributed by atoms with E-state index < -0.39 is 23.6 Å². The summed E-state index contributed by atoms with van der Waals surface area (Å²) in [4.78, 5) is 24.3. The minimum absolute atomic E-state index is 0.110. The van der Waals surface area contributed by atoms with Crippen LogP contribution in [0.5, 0.6) is 11.5 Å². The number of hydrogen-bond acceptors (Lipinski definition) is 9. The van der Waals surface area contributed by atoms with Gasteiger partial charge in [-0.25, -0.2) is 18.7 Å². The van der Waals surface area contributed by atoms with Gasteiger partial charge in [0.05, 0.1) is 42.2 Å². The molecule has 3 aromatic heterocycles. The molecule has 14 heteroatoms. The third-order valence-corrected chi connectivity index (χ3v) is 7.08. The standard InChI is InChI=1S/C31H30ClF2N7O4/c1-3-44-19-13-23(33)21(24(34)14-19)17-41-26-8-5-4-7-20(26)28(40-41)30-37-16-27(45-12-6-10-36-18(2)31(42)43)29(39-30)38-25-9-11-35-15-22(25)32/h4-5,7-9,11,13-16,18,36H,3,6,10,12,17H2,1-2H3,(H,42,43)(H,35,37,38,39). The minimum Gasteiger partial charge on any atom is -0.494 e.